The molecule has 1 aliphatic rings. The Balaban J connectivity index is 1.89. The maximum Gasteiger partial charge on any atom is 0.272 e. The van der Waals surface area contributed by atoms with Gasteiger partial charge in [0.15, 0.2) is 11.4 Å². The number of imidazole rings is 1. The third-order valence-electron chi connectivity index (χ3n) is 6.14. The van der Waals surface area contributed by atoms with E-state index in [9.17, 15) is 10.1 Å². The van der Waals surface area contributed by atoms with E-state index in [0.29, 0.717) is 36.1 Å². The summed E-state index contributed by atoms with van der Waals surface area (Å²) < 4.78 is 7.30. The van der Waals surface area contributed by atoms with Crippen LogP contribution in [0.5, 0.6) is 5.75 Å². The van der Waals surface area contributed by atoms with Crippen LogP contribution in [0.15, 0.2) is 12.3 Å². The quantitative estimate of drug-likeness (QED) is 0.686. The smallest absolute Gasteiger partial charge is 0.272 e. The second kappa shape index (κ2) is 10.4. The molecule has 2 heterocycles. The first kappa shape index (κ1) is 22.8. The maximum absolute atomic E-state index is 13.0. The highest BCUT2D eigenvalue weighted by atomic mass is 16.5. The standard InChI is InChI=1S/C24H33N5O2/c1-5-7-18-12-21(31-4)20(15-26-18)29-19(13-25)23(28-22(29)6-2)24(30)27-14-17-10-8-16(3)9-11-17/h12,15-17H,5-11,14H2,1-4H3,(H,27,30). The molecule has 0 radical (unpaired) electrons. The molecule has 0 atom stereocenters. The summed E-state index contributed by atoms with van der Waals surface area (Å²) in [5.41, 5.74) is 1.95. The third kappa shape index (κ3) is 5.07. The number of carbonyl (C=O) groups excluding carboxylic acids is 1. The number of carbonyl (C=O) groups is 1. The molecule has 0 aromatic carbocycles. The number of hydrogen-bond donors (Lipinski definition) is 1. The van der Waals surface area contributed by atoms with Crippen LogP contribution in [0.4, 0.5) is 0 Å². The van der Waals surface area contributed by atoms with E-state index in [2.05, 4.69) is 35.2 Å². The molecule has 1 amide bonds. The number of aryl methyl sites for hydroxylation is 2. The summed E-state index contributed by atoms with van der Waals surface area (Å²) in [6, 6.07) is 4.08. The first-order chi connectivity index (χ1) is 15.0. The molecule has 0 saturated heterocycles. The molecule has 0 unspecified atom stereocenters. The third-order valence-corrected chi connectivity index (χ3v) is 6.14. The Morgan fingerprint density at radius 2 is 2.06 bits per heavy atom. The topological polar surface area (TPSA) is 92.8 Å². The maximum atomic E-state index is 13.0. The van der Waals surface area contributed by atoms with E-state index in [1.54, 1.807) is 17.9 Å². The van der Waals surface area contributed by atoms with Crippen molar-refractivity contribution in [2.24, 2.45) is 11.8 Å². The summed E-state index contributed by atoms with van der Waals surface area (Å²) in [4.78, 5) is 22.0. The second-order valence-electron chi connectivity index (χ2n) is 8.46. The van der Waals surface area contributed by atoms with Crippen molar-refractivity contribution < 1.29 is 9.53 Å². The summed E-state index contributed by atoms with van der Waals surface area (Å²) >= 11 is 0. The zero-order valence-electron chi connectivity index (χ0n) is 19.1. The summed E-state index contributed by atoms with van der Waals surface area (Å²) in [5, 5.41) is 12.9. The van der Waals surface area contributed by atoms with E-state index >= 15 is 0 Å². The fourth-order valence-electron chi connectivity index (χ4n) is 4.27. The minimum Gasteiger partial charge on any atom is -0.494 e. The Hall–Kier alpha value is -2.88. The molecular weight excluding hydrogens is 390 g/mol. The van der Waals surface area contributed by atoms with Crippen molar-refractivity contribution in [3.05, 3.63) is 35.2 Å². The molecule has 1 N–H and O–H groups in total. The normalized spacial score (nSPS) is 18.4. The van der Waals surface area contributed by atoms with Gasteiger partial charge in [-0.15, -0.1) is 0 Å². The molecule has 31 heavy (non-hydrogen) atoms. The van der Waals surface area contributed by atoms with Gasteiger partial charge in [0.2, 0.25) is 0 Å². The fourth-order valence-corrected chi connectivity index (χ4v) is 4.27. The highest BCUT2D eigenvalue weighted by Gasteiger charge is 2.26. The lowest BCUT2D eigenvalue weighted by Gasteiger charge is -2.26. The fraction of sp³-hybridized carbons (Fsp3) is 0.583. The van der Waals surface area contributed by atoms with Crippen molar-refractivity contribution in [1.29, 1.82) is 5.26 Å². The number of hydrogen-bond acceptors (Lipinski definition) is 5. The van der Waals surface area contributed by atoms with Gasteiger partial charge < -0.3 is 10.1 Å². The van der Waals surface area contributed by atoms with Crippen LogP contribution in [0.2, 0.25) is 0 Å². The van der Waals surface area contributed by atoms with Crippen LogP contribution in [0.1, 0.15) is 80.6 Å². The number of methoxy groups -OCH3 is 1. The van der Waals surface area contributed by atoms with Crippen molar-refractivity contribution in [3.8, 4) is 17.5 Å². The molecule has 0 aliphatic heterocycles. The Morgan fingerprint density at radius 3 is 2.68 bits per heavy atom. The molecular formula is C24H33N5O2. The number of ether oxygens (including phenoxy) is 1. The van der Waals surface area contributed by atoms with Crippen LogP contribution in [0.25, 0.3) is 5.69 Å². The Kier molecular flexibility index (Phi) is 7.67. The van der Waals surface area contributed by atoms with E-state index < -0.39 is 0 Å². The van der Waals surface area contributed by atoms with Gasteiger partial charge >= 0.3 is 0 Å². The van der Waals surface area contributed by atoms with Gasteiger partial charge in [0.05, 0.1) is 13.3 Å². The minimum absolute atomic E-state index is 0.170. The SMILES string of the molecule is CCCc1cc(OC)c(-n2c(CC)nc(C(=O)NCC3CCC(C)CC3)c2C#N)cn1. The summed E-state index contributed by atoms with van der Waals surface area (Å²) in [5.74, 6) is 2.22. The molecule has 7 nitrogen and oxygen atoms in total. The average Bonchev–Trinajstić information content (AvgIpc) is 3.17. The molecule has 1 fully saturated rings. The van der Waals surface area contributed by atoms with Gasteiger partial charge in [-0.3, -0.25) is 14.3 Å². The first-order valence-corrected chi connectivity index (χ1v) is 11.3. The molecule has 0 spiro atoms. The largest absolute Gasteiger partial charge is 0.494 e. The lowest BCUT2D eigenvalue weighted by atomic mass is 9.83. The zero-order chi connectivity index (χ0) is 22.4. The highest BCUT2D eigenvalue weighted by Crippen LogP contribution is 2.29. The molecule has 0 bridgehead atoms. The van der Waals surface area contributed by atoms with Crippen LogP contribution in [-0.2, 0) is 12.8 Å². The van der Waals surface area contributed by atoms with E-state index in [-0.39, 0.29) is 17.3 Å². The van der Waals surface area contributed by atoms with Gasteiger partial charge in [0.25, 0.3) is 5.91 Å². The van der Waals surface area contributed by atoms with Gasteiger partial charge in [0, 0.05) is 24.7 Å². The minimum atomic E-state index is -0.293. The molecule has 166 valence electrons. The predicted octanol–water partition coefficient (Wildman–Crippen LogP) is 4.22. The number of aromatic nitrogens is 3. The first-order valence-electron chi connectivity index (χ1n) is 11.3. The van der Waals surface area contributed by atoms with E-state index in [1.165, 1.54) is 12.8 Å². The van der Waals surface area contributed by atoms with E-state index in [4.69, 9.17) is 4.74 Å². The Bertz CT molecular complexity index is 952. The second-order valence-corrected chi connectivity index (χ2v) is 8.46. The number of nitrogens with zero attached hydrogens (tertiary/aromatic N) is 4. The van der Waals surface area contributed by atoms with Crippen LogP contribution in [0.3, 0.4) is 0 Å². The van der Waals surface area contributed by atoms with Gasteiger partial charge in [-0.2, -0.15) is 5.26 Å². The Morgan fingerprint density at radius 1 is 1.32 bits per heavy atom. The molecule has 1 aliphatic carbocycles. The van der Waals surface area contributed by atoms with Crippen molar-refractivity contribution in [3.63, 3.8) is 0 Å². The Labute approximate surface area is 184 Å². The molecule has 3 rings (SSSR count). The summed E-state index contributed by atoms with van der Waals surface area (Å²) in [6.07, 6.45) is 8.79. The molecule has 7 heteroatoms. The lowest BCUT2D eigenvalue weighted by molar-refractivity contribution is 0.0937. The number of rotatable bonds is 8. The van der Waals surface area contributed by atoms with Crippen molar-refractivity contribution in [2.45, 2.75) is 65.7 Å². The van der Waals surface area contributed by atoms with Crippen LogP contribution in [-0.4, -0.2) is 34.1 Å². The van der Waals surface area contributed by atoms with Gasteiger partial charge in [-0.05, 0) is 31.1 Å². The van der Waals surface area contributed by atoms with Crippen molar-refractivity contribution in [2.75, 3.05) is 13.7 Å². The number of pyridine rings is 1. The van der Waals surface area contributed by atoms with Crippen LogP contribution >= 0.6 is 0 Å². The van der Waals surface area contributed by atoms with Gasteiger partial charge in [-0.25, -0.2) is 4.98 Å². The zero-order valence-corrected chi connectivity index (χ0v) is 19.1. The van der Waals surface area contributed by atoms with Crippen molar-refractivity contribution in [1.82, 2.24) is 19.9 Å². The number of nitrogens with one attached hydrogen (secondary N) is 1. The molecule has 2 aromatic heterocycles. The van der Waals surface area contributed by atoms with Crippen LogP contribution in [0, 0.1) is 23.2 Å². The summed E-state index contributed by atoms with van der Waals surface area (Å²) in [6.45, 7) is 6.96. The average molecular weight is 424 g/mol. The monoisotopic (exact) mass is 423 g/mol. The van der Waals surface area contributed by atoms with E-state index in [1.807, 2.05) is 13.0 Å². The number of nitriles is 1. The summed E-state index contributed by atoms with van der Waals surface area (Å²) in [7, 11) is 1.60. The van der Waals surface area contributed by atoms with Gasteiger partial charge in [0.1, 0.15) is 23.3 Å². The number of amides is 1. The van der Waals surface area contributed by atoms with Crippen LogP contribution < -0.4 is 10.1 Å². The molecule has 1 saturated carbocycles. The highest BCUT2D eigenvalue weighted by molar-refractivity contribution is 5.94. The van der Waals surface area contributed by atoms with E-state index in [0.717, 1.165) is 37.3 Å². The lowest BCUT2D eigenvalue weighted by Crippen LogP contribution is -2.31. The predicted molar refractivity (Wildman–Crippen MR) is 119 cm³/mol. The van der Waals surface area contributed by atoms with Crippen molar-refractivity contribution >= 4 is 5.91 Å². The molecule has 2 aromatic rings. The van der Waals surface area contributed by atoms with Gasteiger partial charge in [-0.1, -0.05) is 40.0 Å².